The van der Waals surface area contributed by atoms with Crippen molar-refractivity contribution in [2.24, 2.45) is 23.2 Å². The van der Waals surface area contributed by atoms with Gasteiger partial charge in [-0.15, -0.1) is 0 Å². The van der Waals surface area contributed by atoms with Gasteiger partial charge in [0.05, 0.1) is 12.2 Å². The molecular formula is C27H45NO2. The van der Waals surface area contributed by atoms with Crippen LogP contribution in [0.25, 0.3) is 0 Å². The lowest BCUT2D eigenvalue weighted by molar-refractivity contribution is 0.0594. The molecule has 0 aromatic carbocycles. The van der Waals surface area contributed by atoms with E-state index in [2.05, 4.69) is 37.8 Å². The van der Waals surface area contributed by atoms with Crippen LogP contribution in [0.3, 0.4) is 0 Å². The van der Waals surface area contributed by atoms with Gasteiger partial charge in [-0.3, -0.25) is 0 Å². The molecule has 0 aromatic rings. The minimum atomic E-state index is -0.371. The lowest BCUT2D eigenvalue weighted by atomic mass is 9.61. The standard InChI is InChI=1S/C27H45NO2/c1-19(18-28-14-5-4-7-20(28)2)25-11-12-26-22(8-6-13-27(25,26)3)10-9-21-15-23(29)17-24(30)16-21/h9-10,19-20,23-26,29-30H,4-8,11-18H2,1-3H3/b22-10+/t19?,20-,23+,24+,25+,26-,27+/m0/s1. The van der Waals surface area contributed by atoms with E-state index in [-0.39, 0.29) is 12.2 Å². The summed E-state index contributed by atoms with van der Waals surface area (Å²) in [6.07, 6.45) is 16.7. The Morgan fingerprint density at radius 2 is 1.83 bits per heavy atom. The second-order valence-corrected chi connectivity index (χ2v) is 11.4. The SMILES string of the molecule is CC(CN1CCCC[C@@H]1C)[C@H]1CC[C@H]2/C(=C/C=C3C[C@@H](O)C[C@H](O)C3)CCC[C@]12C. The molecular weight excluding hydrogens is 370 g/mol. The molecule has 2 N–H and O–H groups in total. The summed E-state index contributed by atoms with van der Waals surface area (Å²) in [5, 5.41) is 20.0. The first-order valence-corrected chi connectivity index (χ1v) is 12.9. The number of piperidine rings is 1. The molecule has 3 heteroatoms. The van der Waals surface area contributed by atoms with E-state index in [1.807, 2.05) is 0 Å². The first-order chi connectivity index (χ1) is 14.4. The Balaban J connectivity index is 1.45. The third kappa shape index (κ3) is 4.74. The second-order valence-electron chi connectivity index (χ2n) is 11.4. The molecule has 1 unspecified atom stereocenters. The predicted molar refractivity (Wildman–Crippen MR) is 124 cm³/mol. The first kappa shape index (κ1) is 22.6. The number of aliphatic hydroxyl groups is 2. The Morgan fingerprint density at radius 1 is 1.07 bits per heavy atom. The van der Waals surface area contributed by atoms with Crippen LogP contribution in [0.5, 0.6) is 0 Å². The summed E-state index contributed by atoms with van der Waals surface area (Å²) in [5.74, 6) is 2.35. The maximum absolute atomic E-state index is 10.0. The van der Waals surface area contributed by atoms with Crippen LogP contribution in [0.15, 0.2) is 23.3 Å². The Morgan fingerprint density at radius 3 is 2.57 bits per heavy atom. The third-order valence-electron chi connectivity index (χ3n) is 9.26. The van der Waals surface area contributed by atoms with Crippen LogP contribution in [-0.2, 0) is 0 Å². The van der Waals surface area contributed by atoms with E-state index in [1.165, 1.54) is 70.0 Å². The molecule has 3 aliphatic carbocycles. The average Bonchev–Trinajstić information content (AvgIpc) is 3.05. The Hall–Kier alpha value is -0.640. The number of allylic oxidation sites excluding steroid dienone is 3. The van der Waals surface area contributed by atoms with E-state index in [0.717, 1.165) is 36.6 Å². The zero-order valence-corrected chi connectivity index (χ0v) is 19.7. The average molecular weight is 416 g/mol. The fourth-order valence-electron chi connectivity index (χ4n) is 7.67. The summed E-state index contributed by atoms with van der Waals surface area (Å²) in [6.45, 7) is 10.1. The Bertz CT molecular complexity index is 643. The van der Waals surface area contributed by atoms with E-state index in [0.29, 0.717) is 11.8 Å². The van der Waals surface area contributed by atoms with Gasteiger partial charge in [-0.25, -0.2) is 0 Å². The fraction of sp³-hybridized carbons (Fsp3) is 0.852. The quantitative estimate of drug-likeness (QED) is 0.640. The van der Waals surface area contributed by atoms with Gasteiger partial charge in [0.1, 0.15) is 0 Å². The molecule has 1 heterocycles. The number of nitrogens with zero attached hydrogens (tertiary/aromatic N) is 1. The van der Waals surface area contributed by atoms with E-state index in [9.17, 15) is 10.2 Å². The zero-order valence-electron chi connectivity index (χ0n) is 19.7. The molecule has 3 saturated carbocycles. The molecule has 4 fully saturated rings. The van der Waals surface area contributed by atoms with Crippen molar-refractivity contribution in [2.45, 2.75) is 110 Å². The van der Waals surface area contributed by atoms with E-state index in [4.69, 9.17) is 0 Å². The molecule has 3 nitrogen and oxygen atoms in total. The Labute approximate surface area is 184 Å². The fourth-order valence-corrected chi connectivity index (χ4v) is 7.67. The van der Waals surface area contributed by atoms with Crippen molar-refractivity contribution in [2.75, 3.05) is 13.1 Å². The molecule has 170 valence electrons. The predicted octanol–water partition coefficient (Wildman–Crippen LogP) is 5.47. The van der Waals surface area contributed by atoms with Gasteiger partial charge in [0.25, 0.3) is 0 Å². The number of hydrogen-bond donors (Lipinski definition) is 2. The molecule has 0 bridgehead atoms. The van der Waals surface area contributed by atoms with Crippen LogP contribution in [0.1, 0.15) is 91.4 Å². The second kappa shape index (κ2) is 9.46. The number of hydrogen-bond acceptors (Lipinski definition) is 3. The summed E-state index contributed by atoms with van der Waals surface area (Å²) in [7, 11) is 0. The highest BCUT2D eigenvalue weighted by molar-refractivity contribution is 5.26. The molecule has 0 spiro atoms. The van der Waals surface area contributed by atoms with Crippen molar-refractivity contribution in [3.8, 4) is 0 Å². The van der Waals surface area contributed by atoms with Gasteiger partial charge in [0, 0.05) is 12.6 Å². The maximum atomic E-state index is 10.0. The number of aliphatic hydroxyl groups excluding tert-OH is 2. The first-order valence-electron chi connectivity index (χ1n) is 12.9. The van der Waals surface area contributed by atoms with Crippen LogP contribution in [0.2, 0.25) is 0 Å². The zero-order chi connectivity index (χ0) is 21.3. The van der Waals surface area contributed by atoms with Gasteiger partial charge in [-0.2, -0.15) is 0 Å². The van der Waals surface area contributed by atoms with Crippen molar-refractivity contribution in [1.29, 1.82) is 0 Å². The number of likely N-dealkylation sites (tertiary alicyclic amines) is 1. The summed E-state index contributed by atoms with van der Waals surface area (Å²) >= 11 is 0. The van der Waals surface area contributed by atoms with Crippen LogP contribution in [-0.4, -0.2) is 46.5 Å². The van der Waals surface area contributed by atoms with Gasteiger partial charge >= 0.3 is 0 Å². The van der Waals surface area contributed by atoms with Gasteiger partial charge in [0.2, 0.25) is 0 Å². The van der Waals surface area contributed by atoms with Crippen LogP contribution in [0, 0.1) is 23.2 Å². The molecule has 1 aliphatic heterocycles. The molecule has 30 heavy (non-hydrogen) atoms. The van der Waals surface area contributed by atoms with Crippen LogP contribution < -0.4 is 0 Å². The summed E-state index contributed by atoms with van der Waals surface area (Å²) in [5.41, 5.74) is 3.32. The smallest absolute Gasteiger partial charge is 0.0602 e. The summed E-state index contributed by atoms with van der Waals surface area (Å²) in [6, 6.07) is 0.765. The molecule has 0 aromatic heterocycles. The van der Waals surface area contributed by atoms with E-state index < -0.39 is 0 Å². The van der Waals surface area contributed by atoms with Gasteiger partial charge in [0.15, 0.2) is 0 Å². The lowest BCUT2D eigenvalue weighted by Gasteiger charge is -2.46. The van der Waals surface area contributed by atoms with Crippen molar-refractivity contribution >= 4 is 0 Å². The van der Waals surface area contributed by atoms with Crippen molar-refractivity contribution < 1.29 is 10.2 Å². The van der Waals surface area contributed by atoms with Gasteiger partial charge < -0.3 is 15.1 Å². The topological polar surface area (TPSA) is 43.7 Å². The molecule has 1 saturated heterocycles. The third-order valence-corrected chi connectivity index (χ3v) is 9.26. The van der Waals surface area contributed by atoms with Gasteiger partial charge in [-0.1, -0.05) is 43.6 Å². The summed E-state index contributed by atoms with van der Waals surface area (Å²) < 4.78 is 0. The van der Waals surface area contributed by atoms with Gasteiger partial charge in [-0.05, 0) is 101 Å². The van der Waals surface area contributed by atoms with E-state index >= 15 is 0 Å². The lowest BCUT2D eigenvalue weighted by Crippen LogP contribution is -2.44. The molecule has 0 amide bonds. The van der Waals surface area contributed by atoms with Crippen LogP contribution in [0.4, 0.5) is 0 Å². The molecule has 4 rings (SSSR count). The minimum Gasteiger partial charge on any atom is -0.393 e. The van der Waals surface area contributed by atoms with Crippen molar-refractivity contribution in [1.82, 2.24) is 4.90 Å². The highest BCUT2D eigenvalue weighted by atomic mass is 16.3. The number of fused-ring (bicyclic) bond motifs is 1. The summed E-state index contributed by atoms with van der Waals surface area (Å²) in [4.78, 5) is 2.77. The highest BCUT2D eigenvalue weighted by Crippen LogP contribution is 2.59. The largest absolute Gasteiger partial charge is 0.393 e. The monoisotopic (exact) mass is 415 g/mol. The molecule has 0 radical (unpaired) electrons. The minimum absolute atomic E-state index is 0.371. The molecule has 7 atom stereocenters. The molecule has 4 aliphatic rings. The maximum Gasteiger partial charge on any atom is 0.0602 e. The van der Waals surface area contributed by atoms with Crippen molar-refractivity contribution in [3.63, 3.8) is 0 Å². The van der Waals surface area contributed by atoms with Crippen LogP contribution >= 0.6 is 0 Å². The highest BCUT2D eigenvalue weighted by Gasteiger charge is 2.50. The van der Waals surface area contributed by atoms with Crippen molar-refractivity contribution in [3.05, 3.63) is 23.3 Å². The van der Waals surface area contributed by atoms with E-state index in [1.54, 1.807) is 5.57 Å². The normalized spacial score (nSPS) is 42.9. The Kier molecular flexibility index (Phi) is 7.11. The number of rotatable bonds is 4.